The summed E-state index contributed by atoms with van der Waals surface area (Å²) >= 11 is 6.26. The van der Waals surface area contributed by atoms with Crippen LogP contribution in [0.2, 0.25) is 5.02 Å². The Hall–Kier alpha value is -3.42. The second kappa shape index (κ2) is 8.72. The first-order valence-corrected chi connectivity index (χ1v) is 9.81. The number of carbonyl (C=O) groups is 1. The minimum Gasteiger partial charge on any atom is -0.289 e. The van der Waals surface area contributed by atoms with Crippen molar-refractivity contribution < 1.29 is 4.79 Å². The van der Waals surface area contributed by atoms with Gasteiger partial charge in [0.2, 0.25) is 0 Å². The molecule has 29 heavy (non-hydrogen) atoms. The molecule has 2 heteroatoms. The van der Waals surface area contributed by atoms with Gasteiger partial charge in [-0.2, -0.15) is 0 Å². The van der Waals surface area contributed by atoms with Crippen LogP contribution in [0.15, 0.2) is 109 Å². The van der Waals surface area contributed by atoms with Gasteiger partial charge in [0.1, 0.15) is 0 Å². The molecule has 0 fully saturated rings. The number of hydrogen-bond donors (Lipinski definition) is 0. The maximum Gasteiger partial charge on any atom is 0.185 e. The van der Waals surface area contributed by atoms with Gasteiger partial charge in [-0.25, -0.2) is 0 Å². The van der Waals surface area contributed by atoms with Gasteiger partial charge < -0.3 is 0 Å². The first-order valence-electron chi connectivity index (χ1n) is 9.43. The minimum atomic E-state index is -0.0724. The lowest BCUT2D eigenvalue weighted by Gasteiger charge is -2.05. The number of halogens is 1. The second-order valence-corrected chi connectivity index (χ2v) is 7.22. The molecule has 0 saturated carbocycles. The predicted octanol–water partition coefficient (Wildman–Crippen LogP) is 7.57. The highest BCUT2D eigenvalue weighted by atomic mass is 35.5. The summed E-state index contributed by atoms with van der Waals surface area (Å²) in [5.74, 6) is -0.0724. The van der Waals surface area contributed by atoms with Gasteiger partial charge in [-0.15, -0.1) is 0 Å². The molecular formula is C27H19ClO. The Morgan fingerprint density at radius 2 is 1.17 bits per heavy atom. The summed E-state index contributed by atoms with van der Waals surface area (Å²) in [4.78, 5) is 12.7. The molecule has 0 amide bonds. The first-order chi connectivity index (χ1) is 14.2. The maximum atomic E-state index is 12.7. The molecule has 0 aliphatic rings. The maximum absolute atomic E-state index is 12.7. The van der Waals surface area contributed by atoms with Crippen LogP contribution in [0.5, 0.6) is 0 Å². The fourth-order valence-electron chi connectivity index (χ4n) is 3.21. The van der Waals surface area contributed by atoms with Crippen molar-refractivity contribution >= 4 is 23.5 Å². The Kier molecular flexibility index (Phi) is 5.69. The smallest absolute Gasteiger partial charge is 0.185 e. The average molecular weight is 395 g/mol. The van der Waals surface area contributed by atoms with Gasteiger partial charge in [0.25, 0.3) is 0 Å². The molecule has 0 heterocycles. The summed E-state index contributed by atoms with van der Waals surface area (Å²) < 4.78 is 0. The standard InChI is InChI=1S/C27H19ClO/c28-26-18-24(22-9-5-2-6-10-22)17-25(19-26)27(29)16-13-20-11-14-23(15-12-20)21-7-3-1-4-8-21/h1-19H. The molecule has 4 aromatic rings. The predicted molar refractivity (Wildman–Crippen MR) is 122 cm³/mol. The number of carbonyl (C=O) groups excluding carboxylic acids is 1. The van der Waals surface area contributed by atoms with E-state index in [9.17, 15) is 4.79 Å². The van der Waals surface area contributed by atoms with E-state index in [1.54, 1.807) is 12.1 Å². The molecule has 0 bridgehead atoms. The highest BCUT2D eigenvalue weighted by Gasteiger charge is 2.07. The Bertz CT molecular complexity index is 1140. The van der Waals surface area contributed by atoms with E-state index in [0.29, 0.717) is 10.6 Å². The molecular weight excluding hydrogens is 376 g/mol. The molecule has 0 unspecified atom stereocenters. The van der Waals surface area contributed by atoms with E-state index in [4.69, 9.17) is 11.6 Å². The lowest BCUT2D eigenvalue weighted by atomic mass is 10.0. The fourth-order valence-corrected chi connectivity index (χ4v) is 3.45. The quantitative estimate of drug-likeness (QED) is 0.252. The van der Waals surface area contributed by atoms with Gasteiger partial charge in [-0.05, 0) is 52.1 Å². The van der Waals surface area contributed by atoms with E-state index in [0.717, 1.165) is 22.3 Å². The van der Waals surface area contributed by atoms with Crippen LogP contribution in [0.1, 0.15) is 15.9 Å². The van der Waals surface area contributed by atoms with Crippen molar-refractivity contribution in [1.29, 1.82) is 0 Å². The van der Waals surface area contributed by atoms with E-state index in [1.807, 2.05) is 78.9 Å². The summed E-state index contributed by atoms with van der Waals surface area (Å²) in [5, 5.41) is 0.551. The zero-order chi connectivity index (χ0) is 20.1. The minimum absolute atomic E-state index is 0.0724. The van der Waals surface area contributed by atoms with E-state index in [1.165, 1.54) is 5.56 Å². The van der Waals surface area contributed by atoms with Crippen LogP contribution < -0.4 is 0 Å². The normalized spacial score (nSPS) is 10.9. The van der Waals surface area contributed by atoms with Crippen LogP contribution in [0, 0.1) is 0 Å². The molecule has 0 spiro atoms. The van der Waals surface area contributed by atoms with Gasteiger partial charge in [-0.1, -0.05) is 103 Å². The van der Waals surface area contributed by atoms with Crippen LogP contribution in [0.4, 0.5) is 0 Å². The third-order valence-corrected chi connectivity index (χ3v) is 4.95. The Morgan fingerprint density at radius 1 is 0.621 bits per heavy atom. The zero-order valence-corrected chi connectivity index (χ0v) is 16.5. The average Bonchev–Trinajstić information content (AvgIpc) is 2.78. The molecule has 1 nitrogen and oxygen atoms in total. The SMILES string of the molecule is O=C(C=Cc1ccc(-c2ccccc2)cc1)c1cc(Cl)cc(-c2ccccc2)c1. The third-order valence-electron chi connectivity index (χ3n) is 4.73. The third kappa shape index (κ3) is 4.71. The van der Waals surface area contributed by atoms with Gasteiger partial charge in [0.05, 0.1) is 0 Å². The number of benzene rings is 4. The number of rotatable bonds is 5. The van der Waals surface area contributed by atoms with Crippen LogP contribution in [-0.2, 0) is 0 Å². The van der Waals surface area contributed by atoms with E-state index in [-0.39, 0.29) is 5.78 Å². The molecule has 4 rings (SSSR count). The Balaban J connectivity index is 1.53. The van der Waals surface area contributed by atoms with Gasteiger partial charge in [0, 0.05) is 10.6 Å². The monoisotopic (exact) mass is 394 g/mol. The van der Waals surface area contributed by atoms with Crippen molar-refractivity contribution in [3.8, 4) is 22.3 Å². The van der Waals surface area contributed by atoms with Crippen LogP contribution >= 0.6 is 11.6 Å². The molecule has 0 aromatic heterocycles. The van der Waals surface area contributed by atoms with Crippen LogP contribution in [-0.4, -0.2) is 5.78 Å². The summed E-state index contributed by atoms with van der Waals surface area (Å²) in [6, 6.07) is 33.7. The molecule has 0 atom stereocenters. The molecule has 0 aliphatic carbocycles. The Morgan fingerprint density at radius 3 is 1.79 bits per heavy atom. The summed E-state index contributed by atoms with van der Waals surface area (Å²) in [6.45, 7) is 0. The van der Waals surface area contributed by atoms with Crippen molar-refractivity contribution in [3.63, 3.8) is 0 Å². The van der Waals surface area contributed by atoms with E-state index >= 15 is 0 Å². The van der Waals surface area contributed by atoms with Crippen LogP contribution in [0.3, 0.4) is 0 Å². The van der Waals surface area contributed by atoms with Crippen molar-refractivity contribution in [2.45, 2.75) is 0 Å². The number of ketones is 1. The summed E-state index contributed by atoms with van der Waals surface area (Å²) in [7, 11) is 0. The highest BCUT2D eigenvalue weighted by Crippen LogP contribution is 2.25. The topological polar surface area (TPSA) is 17.1 Å². The largest absolute Gasteiger partial charge is 0.289 e. The molecule has 4 aromatic carbocycles. The van der Waals surface area contributed by atoms with Gasteiger partial charge in [0.15, 0.2) is 5.78 Å². The van der Waals surface area contributed by atoms with Crippen molar-refractivity contribution in [2.75, 3.05) is 0 Å². The van der Waals surface area contributed by atoms with E-state index < -0.39 is 0 Å². The fraction of sp³-hybridized carbons (Fsp3) is 0. The van der Waals surface area contributed by atoms with Crippen molar-refractivity contribution in [3.05, 3.63) is 125 Å². The van der Waals surface area contributed by atoms with Crippen molar-refractivity contribution in [1.82, 2.24) is 0 Å². The highest BCUT2D eigenvalue weighted by molar-refractivity contribution is 6.31. The zero-order valence-electron chi connectivity index (χ0n) is 15.8. The molecule has 140 valence electrons. The summed E-state index contributed by atoms with van der Waals surface area (Å²) in [5.41, 5.74) is 5.84. The first kappa shape index (κ1) is 18.9. The lowest BCUT2D eigenvalue weighted by Crippen LogP contribution is -1.95. The lowest BCUT2D eigenvalue weighted by molar-refractivity contribution is 0.104. The van der Waals surface area contributed by atoms with Crippen LogP contribution in [0.25, 0.3) is 28.3 Å². The number of allylic oxidation sites excluding steroid dienone is 1. The molecule has 0 aliphatic heterocycles. The van der Waals surface area contributed by atoms with Gasteiger partial charge >= 0.3 is 0 Å². The molecule has 0 saturated heterocycles. The molecule has 0 N–H and O–H groups in total. The second-order valence-electron chi connectivity index (χ2n) is 6.78. The van der Waals surface area contributed by atoms with Gasteiger partial charge in [-0.3, -0.25) is 4.79 Å². The number of hydrogen-bond acceptors (Lipinski definition) is 1. The van der Waals surface area contributed by atoms with E-state index in [2.05, 4.69) is 24.3 Å². The van der Waals surface area contributed by atoms with Crippen molar-refractivity contribution in [2.24, 2.45) is 0 Å². The summed E-state index contributed by atoms with van der Waals surface area (Å²) in [6.07, 6.45) is 3.43. The molecule has 0 radical (unpaired) electrons. The Labute approximate surface area is 175 Å².